The number of esters is 2. The Bertz CT molecular complexity index is 711. The SMILES string of the molecule is COC(=O)c1ccc(OC(=O)c2cccc(F)c2)c(OC)c1. The van der Waals surface area contributed by atoms with E-state index in [1.54, 1.807) is 0 Å². The van der Waals surface area contributed by atoms with Crippen LogP contribution in [0.15, 0.2) is 42.5 Å². The van der Waals surface area contributed by atoms with Gasteiger partial charge in [-0.25, -0.2) is 14.0 Å². The van der Waals surface area contributed by atoms with Gasteiger partial charge in [0.2, 0.25) is 0 Å². The van der Waals surface area contributed by atoms with Crippen LogP contribution in [0.4, 0.5) is 4.39 Å². The van der Waals surface area contributed by atoms with Gasteiger partial charge in [-0.05, 0) is 36.4 Å². The van der Waals surface area contributed by atoms with Crippen molar-refractivity contribution in [1.29, 1.82) is 0 Å². The van der Waals surface area contributed by atoms with Crippen molar-refractivity contribution in [1.82, 2.24) is 0 Å². The molecule has 114 valence electrons. The van der Waals surface area contributed by atoms with Crippen LogP contribution in [0, 0.1) is 5.82 Å². The van der Waals surface area contributed by atoms with Gasteiger partial charge in [-0.15, -0.1) is 0 Å². The van der Waals surface area contributed by atoms with E-state index < -0.39 is 17.8 Å². The molecule has 0 saturated carbocycles. The van der Waals surface area contributed by atoms with Crippen molar-refractivity contribution in [2.24, 2.45) is 0 Å². The summed E-state index contributed by atoms with van der Waals surface area (Å²) in [5, 5.41) is 0. The summed E-state index contributed by atoms with van der Waals surface area (Å²) >= 11 is 0. The third-order valence-corrected chi connectivity index (χ3v) is 2.85. The topological polar surface area (TPSA) is 61.8 Å². The fourth-order valence-corrected chi connectivity index (χ4v) is 1.77. The molecule has 2 rings (SSSR count). The smallest absolute Gasteiger partial charge is 0.343 e. The lowest BCUT2D eigenvalue weighted by Gasteiger charge is -2.10. The van der Waals surface area contributed by atoms with Crippen LogP contribution in [0.1, 0.15) is 20.7 Å². The molecule has 0 unspecified atom stereocenters. The van der Waals surface area contributed by atoms with Crippen LogP contribution in [-0.2, 0) is 4.74 Å². The van der Waals surface area contributed by atoms with E-state index in [0.29, 0.717) is 0 Å². The highest BCUT2D eigenvalue weighted by Gasteiger charge is 2.15. The fraction of sp³-hybridized carbons (Fsp3) is 0.125. The Hall–Kier alpha value is -2.89. The molecule has 6 heteroatoms. The normalized spacial score (nSPS) is 9.95. The molecule has 0 heterocycles. The van der Waals surface area contributed by atoms with Crippen LogP contribution in [0.3, 0.4) is 0 Å². The molecule has 0 bridgehead atoms. The van der Waals surface area contributed by atoms with Crippen LogP contribution >= 0.6 is 0 Å². The minimum atomic E-state index is -0.733. The summed E-state index contributed by atoms with van der Waals surface area (Å²) < 4.78 is 27.9. The number of halogens is 1. The molecule has 0 aliphatic rings. The number of carbonyl (C=O) groups is 2. The van der Waals surface area contributed by atoms with Gasteiger partial charge < -0.3 is 14.2 Å². The first-order valence-corrected chi connectivity index (χ1v) is 6.29. The van der Waals surface area contributed by atoms with Gasteiger partial charge in [0.25, 0.3) is 0 Å². The molecule has 0 N–H and O–H groups in total. The third kappa shape index (κ3) is 3.41. The molecule has 0 aliphatic carbocycles. The Labute approximate surface area is 126 Å². The molecular formula is C16H13FO5. The summed E-state index contributed by atoms with van der Waals surface area (Å²) in [6.45, 7) is 0. The van der Waals surface area contributed by atoms with Crippen LogP contribution in [0.25, 0.3) is 0 Å². The van der Waals surface area contributed by atoms with Crippen LogP contribution < -0.4 is 9.47 Å². The van der Waals surface area contributed by atoms with Gasteiger partial charge in [-0.3, -0.25) is 0 Å². The van der Waals surface area contributed by atoms with Crippen molar-refractivity contribution in [3.63, 3.8) is 0 Å². The summed E-state index contributed by atoms with van der Waals surface area (Å²) in [5.41, 5.74) is 0.323. The lowest BCUT2D eigenvalue weighted by atomic mass is 10.2. The zero-order valence-electron chi connectivity index (χ0n) is 12.0. The van der Waals surface area contributed by atoms with Crippen LogP contribution in [-0.4, -0.2) is 26.2 Å². The number of ether oxygens (including phenoxy) is 3. The molecule has 2 aromatic carbocycles. The number of hydrogen-bond donors (Lipinski definition) is 0. The van der Waals surface area contributed by atoms with E-state index in [1.807, 2.05) is 0 Å². The maximum Gasteiger partial charge on any atom is 0.343 e. The van der Waals surface area contributed by atoms with Crippen molar-refractivity contribution in [3.8, 4) is 11.5 Å². The Balaban J connectivity index is 2.25. The summed E-state index contributed by atoms with van der Waals surface area (Å²) in [6.07, 6.45) is 0. The van der Waals surface area contributed by atoms with E-state index >= 15 is 0 Å². The van der Waals surface area contributed by atoms with E-state index in [9.17, 15) is 14.0 Å². The van der Waals surface area contributed by atoms with Gasteiger partial charge in [0, 0.05) is 0 Å². The summed E-state index contributed by atoms with van der Waals surface area (Å²) in [6, 6.07) is 9.36. The van der Waals surface area contributed by atoms with Crippen molar-refractivity contribution in [2.75, 3.05) is 14.2 Å². The molecule has 0 spiro atoms. The predicted molar refractivity (Wildman–Crippen MR) is 75.7 cm³/mol. The first kappa shape index (κ1) is 15.5. The summed E-state index contributed by atoms with van der Waals surface area (Å²) in [7, 11) is 2.63. The standard InChI is InChI=1S/C16H13FO5/c1-20-14-9-11(15(18)21-2)6-7-13(14)22-16(19)10-4-3-5-12(17)8-10/h3-9H,1-2H3. The average molecular weight is 304 g/mol. The Morgan fingerprint density at radius 3 is 2.27 bits per heavy atom. The first-order valence-electron chi connectivity index (χ1n) is 6.29. The molecule has 2 aromatic rings. The van der Waals surface area contributed by atoms with E-state index in [2.05, 4.69) is 4.74 Å². The fourth-order valence-electron chi connectivity index (χ4n) is 1.77. The summed E-state index contributed by atoms with van der Waals surface area (Å²) in [5.74, 6) is -1.51. The van der Waals surface area contributed by atoms with Gasteiger partial charge in [0.15, 0.2) is 11.5 Å². The maximum absolute atomic E-state index is 13.1. The van der Waals surface area contributed by atoms with Crippen molar-refractivity contribution in [2.45, 2.75) is 0 Å². The van der Waals surface area contributed by atoms with E-state index in [0.717, 1.165) is 6.07 Å². The minimum Gasteiger partial charge on any atom is -0.493 e. The highest BCUT2D eigenvalue weighted by molar-refractivity contribution is 5.92. The van der Waals surface area contributed by atoms with Gasteiger partial charge in [0.1, 0.15) is 5.82 Å². The third-order valence-electron chi connectivity index (χ3n) is 2.85. The molecule has 0 radical (unpaired) electrons. The zero-order chi connectivity index (χ0) is 16.1. The lowest BCUT2D eigenvalue weighted by Crippen LogP contribution is -2.10. The average Bonchev–Trinajstić information content (AvgIpc) is 2.54. The highest BCUT2D eigenvalue weighted by Crippen LogP contribution is 2.29. The van der Waals surface area contributed by atoms with Gasteiger partial charge in [0.05, 0.1) is 25.3 Å². The number of benzene rings is 2. The van der Waals surface area contributed by atoms with Gasteiger partial charge in [-0.1, -0.05) is 6.07 Å². The lowest BCUT2D eigenvalue weighted by molar-refractivity contribution is 0.0600. The maximum atomic E-state index is 13.1. The largest absolute Gasteiger partial charge is 0.493 e. The number of methoxy groups -OCH3 is 2. The molecule has 0 amide bonds. The second-order valence-corrected chi connectivity index (χ2v) is 4.26. The van der Waals surface area contributed by atoms with Crippen molar-refractivity contribution < 1.29 is 28.2 Å². The van der Waals surface area contributed by atoms with Crippen LogP contribution in [0.2, 0.25) is 0 Å². The number of hydrogen-bond acceptors (Lipinski definition) is 5. The van der Waals surface area contributed by atoms with Crippen LogP contribution in [0.5, 0.6) is 11.5 Å². The molecule has 0 aliphatic heterocycles. The van der Waals surface area contributed by atoms with Crippen molar-refractivity contribution >= 4 is 11.9 Å². The minimum absolute atomic E-state index is 0.0686. The molecule has 0 atom stereocenters. The highest BCUT2D eigenvalue weighted by atomic mass is 19.1. The Morgan fingerprint density at radius 2 is 1.64 bits per heavy atom. The van der Waals surface area contributed by atoms with E-state index in [-0.39, 0.29) is 22.6 Å². The zero-order valence-corrected chi connectivity index (χ0v) is 12.0. The number of carbonyl (C=O) groups excluding carboxylic acids is 2. The molecular weight excluding hydrogens is 291 g/mol. The Kier molecular flexibility index (Phi) is 4.73. The molecule has 0 saturated heterocycles. The van der Waals surface area contributed by atoms with Gasteiger partial charge >= 0.3 is 11.9 Å². The molecule has 22 heavy (non-hydrogen) atoms. The van der Waals surface area contributed by atoms with Crippen molar-refractivity contribution in [3.05, 3.63) is 59.4 Å². The second kappa shape index (κ2) is 6.71. The molecule has 0 fully saturated rings. The molecule has 5 nitrogen and oxygen atoms in total. The predicted octanol–water partition coefficient (Wildman–Crippen LogP) is 2.84. The number of rotatable bonds is 4. The second-order valence-electron chi connectivity index (χ2n) is 4.26. The monoisotopic (exact) mass is 304 g/mol. The van der Waals surface area contributed by atoms with E-state index in [1.165, 1.54) is 50.6 Å². The molecule has 0 aromatic heterocycles. The van der Waals surface area contributed by atoms with E-state index in [4.69, 9.17) is 9.47 Å². The van der Waals surface area contributed by atoms with Gasteiger partial charge in [-0.2, -0.15) is 0 Å². The summed E-state index contributed by atoms with van der Waals surface area (Å²) in [4.78, 5) is 23.4. The first-order chi connectivity index (χ1) is 10.5. The Morgan fingerprint density at radius 1 is 0.909 bits per heavy atom. The quantitative estimate of drug-likeness (QED) is 0.642.